The van der Waals surface area contributed by atoms with Crippen LogP contribution in [0.15, 0.2) is 54.6 Å². The first-order valence-corrected chi connectivity index (χ1v) is 11.5. The molecule has 0 saturated heterocycles. The fourth-order valence-corrected chi connectivity index (χ4v) is 4.70. The zero-order chi connectivity index (χ0) is 22.3. The Balaban J connectivity index is 1.30. The first-order valence-electron chi connectivity index (χ1n) is 10.7. The highest BCUT2D eigenvalue weighted by Gasteiger charge is 2.21. The smallest absolute Gasteiger partial charge is 0.255 e. The Morgan fingerprint density at radius 1 is 1.12 bits per heavy atom. The van der Waals surface area contributed by atoms with Gasteiger partial charge in [0.2, 0.25) is 5.91 Å². The van der Waals surface area contributed by atoms with E-state index >= 15 is 0 Å². The van der Waals surface area contributed by atoms with E-state index in [1.807, 2.05) is 13.0 Å². The number of ether oxygens (including phenoxy) is 1. The molecule has 2 heterocycles. The second-order valence-electron chi connectivity index (χ2n) is 7.50. The molecule has 2 amide bonds. The molecule has 0 atom stereocenters. The fourth-order valence-electron chi connectivity index (χ4n) is 3.63. The summed E-state index contributed by atoms with van der Waals surface area (Å²) in [4.78, 5) is 33.0. The Bertz CT molecular complexity index is 1080. The van der Waals surface area contributed by atoms with Gasteiger partial charge >= 0.3 is 0 Å². The van der Waals surface area contributed by atoms with Gasteiger partial charge in [0, 0.05) is 30.9 Å². The van der Waals surface area contributed by atoms with Crippen LogP contribution in [0.2, 0.25) is 0 Å². The molecule has 0 fully saturated rings. The third-order valence-electron chi connectivity index (χ3n) is 5.15. The second-order valence-corrected chi connectivity index (χ2v) is 8.58. The Hall–Kier alpha value is -3.23. The van der Waals surface area contributed by atoms with Crippen molar-refractivity contribution >= 4 is 28.3 Å². The molecule has 4 rings (SSSR count). The number of nitrogens with zero attached hydrogens (tertiary/aromatic N) is 2. The number of carbonyl (C=O) groups excluding carboxylic acids is 2. The Kier molecular flexibility index (Phi) is 7.14. The lowest BCUT2D eigenvalue weighted by Crippen LogP contribution is -2.33. The topological polar surface area (TPSA) is 83.6 Å². The van der Waals surface area contributed by atoms with E-state index in [9.17, 15) is 9.59 Å². The molecule has 0 saturated carbocycles. The first kappa shape index (κ1) is 22.0. The highest BCUT2D eigenvalue weighted by atomic mass is 32.1. The van der Waals surface area contributed by atoms with Crippen molar-refractivity contribution in [3.8, 4) is 5.75 Å². The van der Waals surface area contributed by atoms with Gasteiger partial charge in [-0.25, -0.2) is 4.98 Å². The lowest BCUT2D eigenvalue weighted by atomic mass is 10.1. The van der Waals surface area contributed by atoms with Gasteiger partial charge in [-0.15, -0.1) is 11.3 Å². The summed E-state index contributed by atoms with van der Waals surface area (Å²) >= 11 is 1.50. The van der Waals surface area contributed by atoms with E-state index in [0.717, 1.165) is 31.7 Å². The normalized spacial score (nSPS) is 13.3. The maximum Gasteiger partial charge on any atom is 0.255 e. The van der Waals surface area contributed by atoms with Crippen molar-refractivity contribution in [1.82, 2.24) is 15.2 Å². The average Bonchev–Trinajstić information content (AvgIpc) is 3.20. The van der Waals surface area contributed by atoms with Gasteiger partial charge in [-0.1, -0.05) is 42.5 Å². The minimum Gasteiger partial charge on any atom is -0.493 e. The quantitative estimate of drug-likeness (QED) is 0.549. The van der Waals surface area contributed by atoms with Crippen LogP contribution < -0.4 is 15.4 Å². The molecule has 0 unspecified atom stereocenters. The summed E-state index contributed by atoms with van der Waals surface area (Å²) in [6, 6.07) is 17.4. The number of fused-ring (bicyclic) bond motifs is 1. The highest BCUT2D eigenvalue weighted by molar-refractivity contribution is 7.15. The summed E-state index contributed by atoms with van der Waals surface area (Å²) in [6.45, 7) is 4.84. The number of carbonyl (C=O) groups is 2. The van der Waals surface area contributed by atoms with Gasteiger partial charge in [0.25, 0.3) is 5.91 Å². The Morgan fingerprint density at radius 3 is 2.72 bits per heavy atom. The maximum absolute atomic E-state index is 12.5. The molecule has 1 aromatic heterocycles. The summed E-state index contributed by atoms with van der Waals surface area (Å²) in [6.07, 6.45) is 0.861. The number of anilines is 1. The molecule has 0 spiro atoms. The number of aromatic nitrogens is 1. The lowest BCUT2D eigenvalue weighted by Gasteiger charge is -2.25. The van der Waals surface area contributed by atoms with E-state index in [1.165, 1.54) is 21.8 Å². The zero-order valence-corrected chi connectivity index (χ0v) is 18.8. The third-order valence-corrected chi connectivity index (χ3v) is 6.14. The fraction of sp³-hybridized carbons (Fsp3) is 0.292. The zero-order valence-electron chi connectivity index (χ0n) is 18.0. The molecule has 1 aliphatic rings. The number of para-hydroxylation sites is 1. The number of benzene rings is 2. The van der Waals surface area contributed by atoms with Gasteiger partial charge in [-0.2, -0.15) is 0 Å². The molecule has 0 aliphatic carbocycles. The van der Waals surface area contributed by atoms with Crippen molar-refractivity contribution < 1.29 is 14.3 Å². The standard InChI is InChI=1S/C24H26N4O3S/c1-2-31-20-11-7-6-10-18(20)23(30)25-14-22(29)27-24-26-19-12-13-28(16-21(19)32-24)15-17-8-4-3-5-9-17/h3-11H,2,12-16H2,1H3,(H,25,30)(H,26,27,29). The van der Waals surface area contributed by atoms with Gasteiger partial charge in [-0.05, 0) is 24.6 Å². The van der Waals surface area contributed by atoms with Gasteiger partial charge in [0.05, 0.1) is 24.4 Å². The number of thiazole rings is 1. The van der Waals surface area contributed by atoms with E-state index in [0.29, 0.717) is 23.1 Å². The minimum absolute atomic E-state index is 0.135. The van der Waals surface area contributed by atoms with E-state index < -0.39 is 0 Å². The largest absolute Gasteiger partial charge is 0.493 e. The van der Waals surface area contributed by atoms with Gasteiger partial charge in [0.15, 0.2) is 5.13 Å². The summed E-state index contributed by atoms with van der Waals surface area (Å²) < 4.78 is 5.48. The average molecular weight is 451 g/mol. The van der Waals surface area contributed by atoms with Crippen molar-refractivity contribution in [2.24, 2.45) is 0 Å². The molecular weight excluding hydrogens is 424 g/mol. The van der Waals surface area contributed by atoms with E-state index in [-0.39, 0.29) is 18.4 Å². The molecule has 166 valence electrons. The third kappa shape index (κ3) is 5.52. The summed E-state index contributed by atoms with van der Waals surface area (Å²) in [7, 11) is 0. The van der Waals surface area contributed by atoms with Crippen LogP contribution in [0.5, 0.6) is 5.75 Å². The number of amides is 2. The number of rotatable bonds is 8. The summed E-state index contributed by atoms with van der Waals surface area (Å²) in [5.74, 6) is -0.153. The van der Waals surface area contributed by atoms with Crippen LogP contribution in [-0.4, -0.2) is 41.4 Å². The predicted octanol–water partition coefficient (Wildman–Crippen LogP) is 3.47. The maximum atomic E-state index is 12.5. The molecular formula is C24H26N4O3S. The molecule has 0 radical (unpaired) electrons. The molecule has 7 nitrogen and oxygen atoms in total. The molecule has 8 heteroatoms. The monoisotopic (exact) mass is 450 g/mol. The summed E-state index contributed by atoms with van der Waals surface area (Å²) in [5.41, 5.74) is 2.74. The molecule has 1 aliphatic heterocycles. The van der Waals surface area contributed by atoms with Crippen LogP contribution >= 0.6 is 11.3 Å². The van der Waals surface area contributed by atoms with E-state index in [4.69, 9.17) is 4.74 Å². The van der Waals surface area contributed by atoms with Crippen LogP contribution in [0.4, 0.5) is 5.13 Å². The van der Waals surface area contributed by atoms with E-state index in [1.54, 1.807) is 24.3 Å². The molecule has 2 aromatic carbocycles. The van der Waals surface area contributed by atoms with Gasteiger partial charge in [-0.3, -0.25) is 14.5 Å². The van der Waals surface area contributed by atoms with Crippen LogP contribution in [0.3, 0.4) is 0 Å². The predicted molar refractivity (Wildman–Crippen MR) is 125 cm³/mol. The number of nitrogens with one attached hydrogen (secondary N) is 2. The minimum atomic E-state index is -0.348. The molecule has 0 bridgehead atoms. The number of hydrogen-bond acceptors (Lipinski definition) is 6. The van der Waals surface area contributed by atoms with Crippen molar-refractivity contribution in [3.05, 3.63) is 76.3 Å². The summed E-state index contributed by atoms with van der Waals surface area (Å²) in [5, 5.41) is 6.04. The Labute approximate surface area is 191 Å². The van der Waals surface area contributed by atoms with Crippen molar-refractivity contribution in [2.45, 2.75) is 26.4 Å². The van der Waals surface area contributed by atoms with Gasteiger partial charge in [0.1, 0.15) is 5.75 Å². The van der Waals surface area contributed by atoms with Crippen molar-refractivity contribution in [2.75, 3.05) is 25.0 Å². The van der Waals surface area contributed by atoms with E-state index in [2.05, 4.69) is 44.8 Å². The van der Waals surface area contributed by atoms with Crippen molar-refractivity contribution in [1.29, 1.82) is 0 Å². The molecule has 32 heavy (non-hydrogen) atoms. The van der Waals surface area contributed by atoms with Crippen LogP contribution in [0.25, 0.3) is 0 Å². The molecule has 3 aromatic rings. The Morgan fingerprint density at radius 2 is 1.91 bits per heavy atom. The number of hydrogen-bond donors (Lipinski definition) is 2. The molecule has 2 N–H and O–H groups in total. The second kappa shape index (κ2) is 10.4. The van der Waals surface area contributed by atoms with Crippen LogP contribution in [0.1, 0.15) is 33.4 Å². The highest BCUT2D eigenvalue weighted by Crippen LogP contribution is 2.29. The van der Waals surface area contributed by atoms with Crippen molar-refractivity contribution in [3.63, 3.8) is 0 Å². The van der Waals surface area contributed by atoms with Crippen LogP contribution in [-0.2, 0) is 24.3 Å². The lowest BCUT2D eigenvalue weighted by molar-refractivity contribution is -0.115. The van der Waals surface area contributed by atoms with Crippen LogP contribution in [0, 0.1) is 0 Å². The first-order chi connectivity index (χ1) is 15.6. The SMILES string of the molecule is CCOc1ccccc1C(=O)NCC(=O)Nc1nc2c(s1)CN(Cc1ccccc1)CC2. The van der Waals surface area contributed by atoms with Gasteiger partial charge < -0.3 is 15.4 Å².